The lowest BCUT2D eigenvalue weighted by Crippen LogP contribution is -2.53. The summed E-state index contributed by atoms with van der Waals surface area (Å²) < 4.78 is 63.9. The van der Waals surface area contributed by atoms with E-state index in [9.17, 15) is 27.8 Å². The third-order valence-corrected chi connectivity index (χ3v) is 6.65. The van der Waals surface area contributed by atoms with Gasteiger partial charge in [-0.1, -0.05) is 13.8 Å². The first kappa shape index (κ1) is 27.3. The Labute approximate surface area is 217 Å². The van der Waals surface area contributed by atoms with Gasteiger partial charge in [0.05, 0.1) is 31.1 Å². The number of ether oxygens (including phenoxy) is 1. The van der Waals surface area contributed by atoms with Crippen molar-refractivity contribution in [3.63, 3.8) is 0 Å². The minimum absolute atomic E-state index is 0.0916. The molecular weight excluding hydrogens is 502 g/mol. The molecule has 0 aliphatic heterocycles. The quantitative estimate of drug-likeness (QED) is 0.234. The standard InChI is InChI=1S/C28H29F4N3O3/c1-17-11-23(21-14-34-35(24(21)12-17)19-6-8-20(36)9-7-19)33-16-27(37,28(30,31)32)15-26(2,3)22-13-18(29)5-10-25(22)38-4/h5-14,33,36-37H,15-16H2,1-4H3. The molecule has 0 spiro atoms. The maximum atomic E-state index is 14.3. The number of aromatic hydroxyl groups is 1. The SMILES string of the molecule is COc1ccc(F)cc1C(C)(C)CC(O)(CNc1cc(C)cc2c1cnn2-c1ccc(O)cc1)C(F)(F)F. The van der Waals surface area contributed by atoms with E-state index in [1.54, 1.807) is 29.8 Å². The number of hydrogen-bond donors (Lipinski definition) is 3. The molecule has 0 amide bonds. The van der Waals surface area contributed by atoms with Crippen molar-refractivity contribution in [2.75, 3.05) is 19.0 Å². The average Bonchev–Trinajstić information content (AvgIpc) is 3.26. The van der Waals surface area contributed by atoms with Crippen LogP contribution in [0.25, 0.3) is 16.6 Å². The van der Waals surface area contributed by atoms with Crippen LogP contribution in [0.4, 0.5) is 23.2 Å². The van der Waals surface area contributed by atoms with Crippen molar-refractivity contribution in [2.45, 2.75) is 44.4 Å². The van der Waals surface area contributed by atoms with E-state index in [1.165, 1.54) is 45.4 Å². The molecule has 0 saturated heterocycles. The number of phenolic OH excluding ortho intramolecular Hbond substituents is 1. The highest BCUT2D eigenvalue weighted by Crippen LogP contribution is 2.44. The second-order valence-corrected chi connectivity index (χ2v) is 10.1. The summed E-state index contributed by atoms with van der Waals surface area (Å²) in [4.78, 5) is 0. The van der Waals surface area contributed by atoms with Gasteiger partial charge in [-0.25, -0.2) is 9.07 Å². The number of rotatable bonds is 8. The molecule has 6 nitrogen and oxygen atoms in total. The highest BCUT2D eigenvalue weighted by Gasteiger charge is 2.56. The number of phenols is 1. The Balaban J connectivity index is 1.68. The number of aromatic nitrogens is 2. The minimum atomic E-state index is -4.99. The largest absolute Gasteiger partial charge is 0.508 e. The monoisotopic (exact) mass is 531 g/mol. The molecule has 0 bridgehead atoms. The molecular formula is C28H29F4N3O3. The van der Waals surface area contributed by atoms with Crippen LogP contribution in [0.1, 0.15) is 31.4 Å². The van der Waals surface area contributed by atoms with Gasteiger partial charge in [-0.15, -0.1) is 0 Å². The summed E-state index contributed by atoms with van der Waals surface area (Å²) in [6.45, 7) is 3.97. The molecule has 3 N–H and O–H groups in total. The van der Waals surface area contributed by atoms with Gasteiger partial charge < -0.3 is 20.3 Å². The smallest absolute Gasteiger partial charge is 0.418 e. The van der Waals surface area contributed by atoms with Crippen molar-refractivity contribution < 1.29 is 32.5 Å². The lowest BCUT2D eigenvalue weighted by Gasteiger charge is -2.38. The summed E-state index contributed by atoms with van der Waals surface area (Å²) in [7, 11) is 1.35. The Kier molecular flexibility index (Phi) is 7.05. The van der Waals surface area contributed by atoms with Crippen LogP contribution >= 0.6 is 0 Å². The molecule has 0 aliphatic carbocycles. The topological polar surface area (TPSA) is 79.5 Å². The number of aryl methyl sites for hydroxylation is 1. The molecule has 1 heterocycles. The maximum absolute atomic E-state index is 14.3. The highest BCUT2D eigenvalue weighted by molar-refractivity contribution is 5.93. The van der Waals surface area contributed by atoms with Crippen LogP contribution in [-0.4, -0.2) is 45.4 Å². The Morgan fingerprint density at radius 2 is 1.71 bits per heavy atom. The second-order valence-electron chi connectivity index (χ2n) is 10.1. The summed E-state index contributed by atoms with van der Waals surface area (Å²) in [5.74, 6) is -0.291. The molecule has 0 fully saturated rings. The van der Waals surface area contributed by atoms with Gasteiger partial charge in [-0.2, -0.15) is 18.3 Å². The van der Waals surface area contributed by atoms with E-state index in [2.05, 4.69) is 10.4 Å². The van der Waals surface area contributed by atoms with Crippen molar-refractivity contribution in [1.29, 1.82) is 0 Å². The minimum Gasteiger partial charge on any atom is -0.508 e. The van der Waals surface area contributed by atoms with E-state index in [4.69, 9.17) is 4.74 Å². The zero-order valence-corrected chi connectivity index (χ0v) is 21.4. The molecule has 1 aromatic heterocycles. The third-order valence-electron chi connectivity index (χ3n) is 6.65. The highest BCUT2D eigenvalue weighted by atomic mass is 19.4. The Hall–Kier alpha value is -3.79. The summed E-state index contributed by atoms with van der Waals surface area (Å²) in [6, 6.07) is 13.5. The number of halogens is 4. The molecule has 4 aromatic rings. The number of hydrogen-bond acceptors (Lipinski definition) is 5. The molecule has 0 radical (unpaired) electrons. The van der Waals surface area contributed by atoms with E-state index < -0.39 is 36.0 Å². The molecule has 0 aliphatic rings. The Morgan fingerprint density at radius 1 is 1.03 bits per heavy atom. The average molecular weight is 532 g/mol. The molecule has 0 saturated carbocycles. The van der Waals surface area contributed by atoms with E-state index in [0.717, 1.165) is 17.7 Å². The van der Waals surface area contributed by atoms with Crippen LogP contribution in [0.5, 0.6) is 11.5 Å². The summed E-state index contributed by atoms with van der Waals surface area (Å²) in [5, 5.41) is 28.3. The van der Waals surface area contributed by atoms with Crippen molar-refractivity contribution in [2.24, 2.45) is 0 Å². The maximum Gasteiger partial charge on any atom is 0.418 e. The number of nitrogens with one attached hydrogen (secondary N) is 1. The Morgan fingerprint density at radius 3 is 2.34 bits per heavy atom. The van der Waals surface area contributed by atoms with Gasteiger partial charge in [0.25, 0.3) is 0 Å². The van der Waals surface area contributed by atoms with Crippen LogP contribution < -0.4 is 10.1 Å². The zero-order valence-electron chi connectivity index (χ0n) is 21.4. The summed E-state index contributed by atoms with van der Waals surface area (Å²) in [5.41, 5.74) is -1.81. The first-order valence-corrected chi connectivity index (χ1v) is 11.9. The fourth-order valence-electron chi connectivity index (χ4n) is 4.75. The number of fused-ring (bicyclic) bond motifs is 1. The van der Waals surface area contributed by atoms with Crippen molar-refractivity contribution in [3.05, 3.63) is 77.7 Å². The predicted octanol–water partition coefficient (Wildman–Crippen LogP) is 6.26. The van der Waals surface area contributed by atoms with E-state index in [-0.39, 0.29) is 17.1 Å². The molecule has 10 heteroatoms. The van der Waals surface area contributed by atoms with Crippen LogP contribution in [0.3, 0.4) is 0 Å². The molecule has 4 rings (SSSR count). The molecule has 202 valence electrons. The molecule has 1 unspecified atom stereocenters. The molecule has 1 atom stereocenters. The third kappa shape index (κ3) is 5.26. The van der Waals surface area contributed by atoms with E-state index in [0.29, 0.717) is 22.3 Å². The van der Waals surface area contributed by atoms with Crippen LogP contribution in [-0.2, 0) is 5.41 Å². The van der Waals surface area contributed by atoms with Crippen LogP contribution in [0.15, 0.2) is 60.8 Å². The summed E-state index contributed by atoms with van der Waals surface area (Å²) in [6.07, 6.45) is -4.22. The lowest BCUT2D eigenvalue weighted by molar-refractivity contribution is -0.260. The normalized spacial score (nSPS) is 13.9. The van der Waals surface area contributed by atoms with Crippen molar-refractivity contribution in [1.82, 2.24) is 9.78 Å². The predicted molar refractivity (Wildman–Crippen MR) is 138 cm³/mol. The van der Waals surface area contributed by atoms with Crippen LogP contribution in [0, 0.1) is 12.7 Å². The Bertz CT molecular complexity index is 1450. The fraction of sp³-hybridized carbons (Fsp3) is 0.321. The van der Waals surface area contributed by atoms with Gasteiger partial charge in [0.15, 0.2) is 5.60 Å². The lowest BCUT2D eigenvalue weighted by atomic mass is 9.74. The van der Waals surface area contributed by atoms with E-state index in [1.807, 2.05) is 6.07 Å². The first-order valence-electron chi connectivity index (χ1n) is 11.9. The number of nitrogens with zero attached hydrogens (tertiary/aromatic N) is 2. The second kappa shape index (κ2) is 9.83. The van der Waals surface area contributed by atoms with Crippen molar-refractivity contribution in [3.8, 4) is 17.2 Å². The zero-order chi connectivity index (χ0) is 27.9. The van der Waals surface area contributed by atoms with Gasteiger partial charge in [-0.05, 0) is 78.9 Å². The number of alkyl halides is 3. The van der Waals surface area contributed by atoms with Crippen molar-refractivity contribution >= 4 is 16.6 Å². The van der Waals surface area contributed by atoms with Gasteiger partial charge in [0.1, 0.15) is 17.3 Å². The number of methoxy groups -OCH3 is 1. The van der Waals surface area contributed by atoms with Gasteiger partial charge in [-0.3, -0.25) is 0 Å². The van der Waals surface area contributed by atoms with Crippen LogP contribution in [0.2, 0.25) is 0 Å². The fourth-order valence-corrected chi connectivity index (χ4v) is 4.75. The molecule has 38 heavy (non-hydrogen) atoms. The molecule has 3 aromatic carbocycles. The van der Waals surface area contributed by atoms with E-state index >= 15 is 0 Å². The number of benzene rings is 3. The van der Waals surface area contributed by atoms with Gasteiger partial charge in [0, 0.05) is 16.6 Å². The van der Waals surface area contributed by atoms with Gasteiger partial charge in [0.2, 0.25) is 0 Å². The number of aliphatic hydroxyl groups is 1. The first-order chi connectivity index (χ1) is 17.7. The number of anilines is 1. The van der Waals surface area contributed by atoms with Gasteiger partial charge >= 0.3 is 6.18 Å². The summed E-state index contributed by atoms with van der Waals surface area (Å²) >= 11 is 0.